The number of para-hydroxylation sites is 3. The highest BCUT2D eigenvalue weighted by Gasteiger charge is 2.11. The predicted octanol–water partition coefficient (Wildman–Crippen LogP) is 4.85. The minimum atomic E-state index is -0.606. The van der Waals surface area contributed by atoms with E-state index >= 15 is 0 Å². The quantitative estimate of drug-likeness (QED) is 0.444. The van der Waals surface area contributed by atoms with Gasteiger partial charge in [0, 0.05) is 0 Å². The maximum absolute atomic E-state index is 11.7. The van der Waals surface area contributed by atoms with E-state index in [0.717, 1.165) is 16.4 Å². The van der Waals surface area contributed by atoms with Crippen LogP contribution in [0.15, 0.2) is 87.9 Å². The van der Waals surface area contributed by atoms with Gasteiger partial charge in [-0.05, 0) is 36.4 Å². The van der Waals surface area contributed by atoms with Crippen LogP contribution in [0.1, 0.15) is 0 Å². The SMILES string of the molecule is Nc1noc2ccccc12.O=C(Nc1noc2ccccc12)Oc1ccccc1. The van der Waals surface area contributed by atoms with Crippen molar-refractivity contribution in [3.05, 3.63) is 78.9 Å². The van der Waals surface area contributed by atoms with E-state index in [1.807, 2.05) is 48.5 Å². The number of carbonyl (C=O) groups is 1. The molecule has 5 rings (SSSR count). The van der Waals surface area contributed by atoms with E-state index in [-0.39, 0.29) is 0 Å². The Morgan fingerprint density at radius 2 is 1.38 bits per heavy atom. The molecular weight excluding hydrogens is 372 g/mol. The summed E-state index contributed by atoms with van der Waals surface area (Å²) in [5.41, 5.74) is 6.82. The zero-order valence-electron chi connectivity index (χ0n) is 15.1. The van der Waals surface area contributed by atoms with Gasteiger partial charge in [0.2, 0.25) is 0 Å². The van der Waals surface area contributed by atoms with Gasteiger partial charge in [-0.25, -0.2) is 4.79 Å². The Hall–Kier alpha value is -4.33. The van der Waals surface area contributed by atoms with Crippen LogP contribution in [-0.2, 0) is 0 Å². The molecule has 2 aromatic heterocycles. The zero-order valence-corrected chi connectivity index (χ0v) is 15.1. The summed E-state index contributed by atoms with van der Waals surface area (Å²) in [6.45, 7) is 0. The van der Waals surface area contributed by atoms with E-state index in [4.69, 9.17) is 19.5 Å². The molecule has 0 saturated heterocycles. The molecular formula is C21H16N4O4. The number of hydrogen-bond donors (Lipinski definition) is 2. The van der Waals surface area contributed by atoms with Gasteiger partial charge in [0.05, 0.1) is 10.8 Å². The van der Waals surface area contributed by atoms with Crippen LogP contribution in [-0.4, -0.2) is 16.4 Å². The number of fused-ring (bicyclic) bond motifs is 2. The van der Waals surface area contributed by atoms with Crippen LogP contribution in [0.25, 0.3) is 21.9 Å². The van der Waals surface area contributed by atoms with Gasteiger partial charge >= 0.3 is 6.09 Å². The Balaban J connectivity index is 0.000000171. The highest BCUT2D eigenvalue weighted by atomic mass is 16.6. The van der Waals surface area contributed by atoms with Crippen LogP contribution in [0, 0.1) is 0 Å². The molecule has 2 heterocycles. The molecule has 0 aliphatic rings. The Kier molecular flexibility index (Phi) is 5.06. The number of nitrogens with one attached hydrogen (secondary N) is 1. The summed E-state index contributed by atoms with van der Waals surface area (Å²) >= 11 is 0. The molecule has 0 unspecified atom stereocenters. The van der Waals surface area contributed by atoms with Gasteiger partial charge in [-0.3, -0.25) is 5.32 Å². The van der Waals surface area contributed by atoms with Crippen LogP contribution < -0.4 is 15.8 Å². The van der Waals surface area contributed by atoms with Crippen molar-refractivity contribution in [3.63, 3.8) is 0 Å². The van der Waals surface area contributed by atoms with Crippen molar-refractivity contribution in [3.8, 4) is 5.75 Å². The maximum Gasteiger partial charge on any atom is 0.418 e. The zero-order chi connectivity index (χ0) is 20.1. The molecule has 0 saturated carbocycles. The molecule has 0 bridgehead atoms. The molecule has 8 nitrogen and oxygen atoms in total. The van der Waals surface area contributed by atoms with Crippen LogP contribution >= 0.6 is 0 Å². The number of anilines is 2. The van der Waals surface area contributed by atoms with E-state index in [0.29, 0.717) is 23.0 Å². The molecule has 0 aliphatic carbocycles. The van der Waals surface area contributed by atoms with Crippen LogP contribution in [0.5, 0.6) is 5.75 Å². The molecule has 3 aromatic carbocycles. The van der Waals surface area contributed by atoms with Gasteiger partial charge in [-0.2, -0.15) is 0 Å². The summed E-state index contributed by atoms with van der Waals surface area (Å²) in [7, 11) is 0. The average Bonchev–Trinajstić information content (AvgIpc) is 3.33. The standard InChI is InChI=1S/C14H10N2O3.C7H6N2O/c17-14(18-10-6-2-1-3-7-10)15-13-11-8-4-5-9-12(11)19-16-13;8-7-5-3-1-2-4-6(5)10-9-7/h1-9H,(H,15,16,17);1-4H,(H2,8,9). The second-order valence-electron chi connectivity index (χ2n) is 5.92. The summed E-state index contributed by atoms with van der Waals surface area (Å²) < 4.78 is 15.1. The summed E-state index contributed by atoms with van der Waals surface area (Å²) in [6.07, 6.45) is -0.606. The van der Waals surface area contributed by atoms with Crippen molar-refractivity contribution in [2.45, 2.75) is 0 Å². The fourth-order valence-electron chi connectivity index (χ4n) is 2.60. The number of aromatic nitrogens is 2. The molecule has 8 heteroatoms. The van der Waals surface area contributed by atoms with Gasteiger partial charge in [0.15, 0.2) is 22.8 Å². The van der Waals surface area contributed by atoms with E-state index < -0.39 is 6.09 Å². The Morgan fingerprint density at radius 1 is 0.793 bits per heavy atom. The first-order chi connectivity index (χ1) is 14.2. The molecule has 0 atom stereocenters. The highest BCUT2D eigenvalue weighted by molar-refractivity contribution is 5.96. The fraction of sp³-hybridized carbons (Fsp3) is 0. The number of nitrogens with zero attached hydrogens (tertiary/aromatic N) is 2. The minimum Gasteiger partial charge on any atom is -0.410 e. The number of nitrogens with two attached hydrogens (primary N) is 1. The molecule has 144 valence electrons. The number of hydrogen-bond acceptors (Lipinski definition) is 7. The lowest BCUT2D eigenvalue weighted by atomic mass is 10.2. The number of ether oxygens (including phenoxy) is 1. The smallest absolute Gasteiger partial charge is 0.410 e. The van der Waals surface area contributed by atoms with E-state index in [2.05, 4.69) is 15.6 Å². The van der Waals surface area contributed by atoms with Crippen molar-refractivity contribution < 1.29 is 18.6 Å². The highest BCUT2D eigenvalue weighted by Crippen LogP contribution is 2.22. The molecule has 1 amide bonds. The number of nitrogen functional groups attached to an aromatic ring is 1. The fourth-order valence-corrected chi connectivity index (χ4v) is 2.60. The second-order valence-corrected chi connectivity index (χ2v) is 5.92. The molecule has 0 aliphatic heterocycles. The third-order valence-corrected chi connectivity index (χ3v) is 3.96. The molecule has 3 N–H and O–H groups in total. The number of carbonyl (C=O) groups excluding carboxylic acids is 1. The van der Waals surface area contributed by atoms with Crippen LogP contribution in [0.4, 0.5) is 16.4 Å². The van der Waals surface area contributed by atoms with Gasteiger partial charge in [-0.15, -0.1) is 0 Å². The number of benzene rings is 3. The van der Waals surface area contributed by atoms with Crippen LogP contribution in [0.3, 0.4) is 0 Å². The summed E-state index contributed by atoms with van der Waals surface area (Å²) in [5.74, 6) is 1.26. The molecule has 5 aromatic rings. The van der Waals surface area contributed by atoms with E-state index in [1.165, 1.54) is 0 Å². The lowest BCUT2D eigenvalue weighted by molar-refractivity contribution is 0.215. The van der Waals surface area contributed by atoms with Crippen LogP contribution in [0.2, 0.25) is 0 Å². The first kappa shape index (κ1) is 18.1. The third kappa shape index (κ3) is 4.16. The van der Waals surface area contributed by atoms with E-state index in [9.17, 15) is 4.79 Å². The van der Waals surface area contributed by atoms with E-state index in [1.54, 1.807) is 30.3 Å². The Labute approximate surface area is 164 Å². The molecule has 0 fully saturated rings. The van der Waals surface area contributed by atoms with Crippen molar-refractivity contribution in [2.24, 2.45) is 0 Å². The number of amides is 1. The second kappa shape index (κ2) is 8.13. The molecule has 29 heavy (non-hydrogen) atoms. The first-order valence-electron chi connectivity index (χ1n) is 8.69. The van der Waals surface area contributed by atoms with Crippen molar-refractivity contribution in [2.75, 3.05) is 11.1 Å². The monoisotopic (exact) mass is 388 g/mol. The molecule has 0 spiro atoms. The predicted molar refractivity (Wildman–Crippen MR) is 109 cm³/mol. The van der Waals surface area contributed by atoms with Gasteiger partial charge in [0.25, 0.3) is 0 Å². The lowest BCUT2D eigenvalue weighted by Crippen LogP contribution is -2.16. The normalized spacial score (nSPS) is 10.3. The molecule has 0 radical (unpaired) electrons. The summed E-state index contributed by atoms with van der Waals surface area (Å²) in [4.78, 5) is 11.7. The third-order valence-electron chi connectivity index (χ3n) is 3.96. The van der Waals surface area contributed by atoms with Gasteiger partial charge < -0.3 is 19.5 Å². The maximum atomic E-state index is 11.7. The van der Waals surface area contributed by atoms with Crippen molar-refractivity contribution in [1.82, 2.24) is 10.3 Å². The van der Waals surface area contributed by atoms with Crippen molar-refractivity contribution >= 4 is 39.7 Å². The topological polar surface area (TPSA) is 116 Å². The van der Waals surface area contributed by atoms with Gasteiger partial charge in [0.1, 0.15) is 5.75 Å². The Morgan fingerprint density at radius 3 is 2.10 bits per heavy atom. The first-order valence-corrected chi connectivity index (χ1v) is 8.69. The number of rotatable bonds is 2. The summed E-state index contributed by atoms with van der Waals surface area (Å²) in [6, 6.07) is 23.6. The van der Waals surface area contributed by atoms with Crippen molar-refractivity contribution in [1.29, 1.82) is 0 Å². The minimum absolute atomic E-state index is 0.344. The van der Waals surface area contributed by atoms with Gasteiger partial charge in [-0.1, -0.05) is 52.8 Å². The Bertz CT molecular complexity index is 1250. The largest absolute Gasteiger partial charge is 0.418 e. The average molecular weight is 388 g/mol. The lowest BCUT2D eigenvalue weighted by Gasteiger charge is -2.03. The summed E-state index contributed by atoms with van der Waals surface area (Å²) in [5, 5.41) is 11.5.